The number of benzene rings is 1. The van der Waals surface area contributed by atoms with Crippen LogP contribution in [0.25, 0.3) is 0 Å². The van der Waals surface area contributed by atoms with E-state index in [1.54, 1.807) is 6.26 Å². The van der Waals surface area contributed by atoms with Gasteiger partial charge in [0.05, 0.1) is 12.8 Å². The van der Waals surface area contributed by atoms with Crippen molar-refractivity contribution in [3.63, 3.8) is 0 Å². The molecule has 0 saturated carbocycles. The van der Waals surface area contributed by atoms with Crippen molar-refractivity contribution in [2.75, 3.05) is 14.1 Å². The van der Waals surface area contributed by atoms with E-state index < -0.39 is 0 Å². The van der Waals surface area contributed by atoms with Crippen molar-refractivity contribution in [3.8, 4) is 0 Å². The molecule has 4 heteroatoms. The molecule has 0 unspecified atom stereocenters. The summed E-state index contributed by atoms with van der Waals surface area (Å²) in [6.45, 7) is 2.32. The monoisotopic (exact) mass is 262 g/mol. The van der Waals surface area contributed by atoms with Crippen LogP contribution in [0.1, 0.15) is 16.9 Å². The van der Waals surface area contributed by atoms with Gasteiger partial charge in [0.15, 0.2) is 0 Å². The van der Waals surface area contributed by atoms with E-state index >= 15 is 0 Å². The summed E-state index contributed by atoms with van der Waals surface area (Å²) in [5, 5.41) is 3.09. The zero-order chi connectivity index (χ0) is 13.7. The van der Waals surface area contributed by atoms with Gasteiger partial charge < -0.3 is 9.73 Å². The lowest BCUT2D eigenvalue weighted by Gasteiger charge is -2.16. The maximum absolute atomic E-state index is 12.8. The zero-order valence-corrected chi connectivity index (χ0v) is 11.3. The first-order valence-electron chi connectivity index (χ1n) is 6.32. The molecule has 0 saturated heterocycles. The smallest absolute Gasteiger partial charge is 0.123 e. The van der Waals surface area contributed by atoms with Crippen molar-refractivity contribution in [1.29, 1.82) is 0 Å². The average molecular weight is 262 g/mol. The van der Waals surface area contributed by atoms with Gasteiger partial charge in [0.2, 0.25) is 0 Å². The van der Waals surface area contributed by atoms with Gasteiger partial charge >= 0.3 is 0 Å². The predicted molar refractivity (Wildman–Crippen MR) is 73.0 cm³/mol. The van der Waals surface area contributed by atoms with Crippen LogP contribution in [0, 0.1) is 5.82 Å². The molecular formula is C15H19FN2O. The van der Waals surface area contributed by atoms with Crippen molar-refractivity contribution in [2.45, 2.75) is 19.6 Å². The number of nitrogens with zero attached hydrogens (tertiary/aromatic N) is 1. The second-order valence-corrected chi connectivity index (χ2v) is 4.70. The molecule has 0 radical (unpaired) electrons. The Morgan fingerprint density at radius 3 is 2.58 bits per heavy atom. The second kappa shape index (κ2) is 6.50. The third-order valence-electron chi connectivity index (χ3n) is 2.98. The van der Waals surface area contributed by atoms with Gasteiger partial charge in [-0.3, -0.25) is 4.90 Å². The van der Waals surface area contributed by atoms with Crippen molar-refractivity contribution >= 4 is 0 Å². The third-order valence-corrected chi connectivity index (χ3v) is 2.98. The summed E-state index contributed by atoms with van der Waals surface area (Å²) in [6, 6.07) is 8.61. The molecule has 19 heavy (non-hydrogen) atoms. The topological polar surface area (TPSA) is 28.4 Å². The predicted octanol–water partition coefficient (Wildman–Crippen LogP) is 2.77. The number of rotatable bonds is 6. The summed E-state index contributed by atoms with van der Waals surface area (Å²) in [4.78, 5) is 2.18. The summed E-state index contributed by atoms with van der Waals surface area (Å²) in [5.74, 6) is 0.769. The Balaban J connectivity index is 1.95. The van der Waals surface area contributed by atoms with E-state index in [2.05, 4.69) is 10.2 Å². The van der Waals surface area contributed by atoms with Crippen LogP contribution in [0.5, 0.6) is 0 Å². The van der Waals surface area contributed by atoms with Crippen LogP contribution in [-0.4, -0.2) is 19.0 Å². The number of nitrogens with one attached hydrogen (secondary N) is 1. The van der Waals surface area contributed by atoms with Crippen LogP contribution >= 0.6 is 0 Å². The molecule has 0 fully saturated rings. The van der Waals surface area contributed by atoms with E-state index in [0.29, 0.717) is 0 Å². The fraction of sp³-hybridized carbons (Fsp3) is 0.333. The summed E-state index contributed by atoms with van der Waals surface area (Å²) in [5.41, 5.74) is 2.28. The fourth-order valence-corrected chi connectivity index (χ4v) is 2.07. The first-order chi connectivity index (χ1) is 9.19. The first kappa shape index (κ1) is 13.8. The van der Waals surface area contributed by atoms with Gasteiger partial charge in [-0.25, -0.2) is 4.39 Å². The Morgan fingerprint density at radius 1 is 1.16 bits per heavy atom. The molecule has 0 bridgehead atoms. The first-order valence-corrected chi connectivity index (χ1v) is 6.32. The van der Waals surface area contributed by atoms with Gasteiger partial charge in [-0.1, -0.05) is 12.1 Å². The highest BCUT2D eigenvalue weighted by Gasteiger charge is 2.08. The van der Waals surface area contributed by atoms with Crippen molar-refractivity contribution < 1.29 is 8.81 Å². The van der Waals surface area contributed by atoms with Crippen LogP contribution < -0.4 is 5.32 Å². The number of halogens is 1. The summed E-state index contributed by atoms with van der Waals surface area (Å²) in [7, 11) is 3.94. The molecule has 0 amide bonds. The highest BCUT2D eigenvalue weighted by Crippen LogP contribution is 2.14. The van der Waals surface area contributed by atoms with Crippen LogP contribution in [-0.2, 0) is 19.6 Å². The number of furan rings is 1. The van der Waals surface area contributed by atoms with Crippen molar-refractivity contribution in [3.05, 3.63) is 59.3 Å². The Morgan fingerprint density at radius 2 is 1.89 bits per heavy atom. The largest absolute Gasteiger partial charge is 0.468 e. The lowest BCUT2D eigenvalue weighted by molar-refractivity contribution is 0.315. The zero-order valence-electron chi connectivity index (χ0n) is 11.3. The van der Waals surface area contributed by atoms with Crippen LogP contribution in [0.2, 0.25) is 0 Å². The SMILES string of the molecule is CNCc1occc1CN(C)Cc1ccc(F)cc1. The minimum Gasteiger partial charge on any atom is -0.468 e. The van der Waals surface area contributed by atoms with Gasteiger partial charge in [-0.05, 0) is 37.9 Å². The fourth-order valence-electron chi connectivity index (χ4n) is 2.07. The van der Waals surface area contributed by atoms with Crippen molar-refractivity contribution in [2.24, 2.45) is 0 Å². The normalized spacial score (nSPS) is 11.2. The maximum Gasteiger partial charge on any atom is 0.123 e. The van der Waals surface area contributed by atoms with Crippen molar-refractivity contribution in [1.82, 2.24) is 10.2 Å². The van der Waals surface area contributed by atoms with Crippen LogP contribution in [0.15, 0.2) is 41.0 Å². The molecule has 1 N–H and O–H groups in total. The molecule has 1 heterocycles. The summed E-state index contributed by atoms with van der Waals surface area (Å²) in [6.07, 6.45) is 1.72. The summed E-state index contributed by atoms with van der Waals surface area (Å²) >= 11 is 0. The summed E-state index contributed by atoms with van der Waals surface area (Å²) < 4.78 is 18.3. The standard InChI is InChI=1S/C15H19FN2O/c1-17-9-15-13(7-8-19-15)11-18(2)10-12-3-5-14(16)6-4-12/h3-8,17H,9-11H2,1-2H3. The Labute approximate surface area is 113 Å². The molecule has 2 rings (SSSR count). The maximum atomic E-state index is 12.8. The molecule has 0 aliphatic heterocycles. The Bertz CT molecular complexity index is 507. The minimum absolute atomic E-state index is 0.197. The van der Waals surface area contributed by atoms with E-state index in [1.807, 2.05) is 32.3 Å². The van der Waals surface area contributed by atoms with Gasteiger partial charge in [0.25, 0.3) is 0 Å². The quantitative estimate of drug-likeness (QED) is 0.867. The molecule has 102 valence electrons. The molecule has 1 aromatic carbocycles. The van der Waals surface area contributed by atoms with Crippen LogP contribution in [0.3, 0.4) is 0 Å². The van der Waals surface area contributed by atoms with Gasteiger partial charge in [-0.15, -0.1) is 0 Å². The molecule has 3 nitrogen and oxygen atoms in total. The molecule has 2 aromatic rings. The molecule has 0 aliphatic carbocycles. The molecule has 0 spiro atoms. The van der Waals surface area contributed by atoms with E-state index in [0.717, 1.165) is 31.0 Å². The van der Waals surface area contributed by atoms with Gasteiger partial charge in [0, 0.05) is 18.7 Å². The lowest BCUT2D eigenvalue weighted by Crippen LogP contribution is -2.18. The highest BCUT2D eigenvalue weighted by atomic mass is 19.1. The minimum atomic E-state index is -0.197. The lowest BCUT2D eigenvalue weighted by atomic mass is 10.2. The Kier molecular flexibility index (Phi) is 4.71. The highest BCUT2D eigenvalue weighted by molar-refractivity contribution is 5.18. The van der Waals surface area contributed by atoms with Gasteiger partial charge in [0.1, 0.15) is 11.6 Å². The van der Waals surface area contributed by atoms with Gasteiger partial charge in [-0.2, -0.15) is 0 Å². The van der Waals surface area contributed by atoms with E-state index in [1.165, 1.54) is 17.7 Å². The molecule has 1 aromatic heterocycles. The molecule has 0 atom stereocenters. The number of hydrogen-bond donors (Lipinski definition) is 1. The number of hydrogen-bond acceptors (Lipinski definition) is 3. The molecule has 0 aliphatic rings. The van der Waals surface area contributed by atoms with E-state index in [-0.39, 0.29) is 5.82 Å². The van der Waals surface area contributed by atoms with E-state index in [4.69, 9.17) is 4.42 Å². The second-order valence-electron chi connectivity index (χ2n) is 4.70. The average Bonchev–Trinajstić information content (AvgIpc) is 2.80. The Hall–Kier alpha value is -1.65. The van der Waals surface area contributed by atoms with E-state index in [9.17, 15) is 4.39 Å². The molecular weight excluding hydrogens is 243 g/mol. The van der Waals surface area contributed by atoms with Crippen LogP contribution in [0.4, 0.5) is 4.39 Å². The third kappa shape index (κ3) is 3.91.